The number of anilines is 1. The standard InChI is InChI=1S/C17H17N5OS/c1-9-6-11-4-3-5-13-14(15(11)19-7-9)12(8-18-13)16(23)20-17-22-21-10(2)24-17/h6-8,18H,3-5H2,1-2H3,(H,20,22,23). The van der Waals surface area contributed by atoms with E-state index in [1.807, 2.05) is 20.0 Å². The normalized spacial score (nSPS) is 13.1. The van der Waals surface area contributed by atoms with Crippen LogP contribution in [-0.4, -0.2) is 26.1 Å². The first-order chi connectivity index (χ1) is 11.6. The molecule has 0 atom stereocenters. The molecule has 1 aliphatic carbocycles. The smallest absolute Gasteiger partial charge is 0.259 e. The van der Waals surface area contributed by atoms with E-state index in [1.54, 1.807) is 6.20 Å². The zero-order valence-corrected chi connectivity index (χ0v) is 14.3. The Bertz CT molecular complexity index is 927. The minimum absolute atomic E-state index is 0.182. The van der Waals surface area contributed by atoms with Crippen molar-refractivity contribution in [2.75, 3.05) is 5.32 Å². The Kier molecular flexibility index (Phi) is 3.65. The molecule has 0 saturated heterocycles. The molecule has 0 aromatic carbocycles. The van der Waals surface area contributed by atoms with Crippen molar-refractivity contribution < 1.29 is 4.79 Å². The minimum Gasteiger partial charge on any atom is -0.364 e. The van der Waals surface area contributed by atoms with Crippen LogP contribution in [0.25, 0.3) is 11.3 Å². The molecule has 0 unspecified atom stereocenters. The molecule has 3 aromatic rings. The molecule has 4 rings (SSSR count). The third-order valence-electron chi connectivity index (χ3n) is 4.17. The van der Waals surface area contributed by atoms with E-state index < -0.39 is 0 Å². The van der Waals surface area contributed by atoms with Gasteiger partial charge >= 0.3 is 0 Å². The number of hydrogen-bond donors (Lipinski definition) is 2. The number of nitrogens with one attached hydrogen (secondary N) is 2. The van der Waals surface area contributed by atoms with Gasteiger partial charge in [-0.2, -0.15) is 0 Å². The Balaban J connectivity index is 1.76. The quantitative estimate of drug-likeness (QED) is 0.750. The first-order valence-corrected chi connectivity index (χ1v) is 8.71. The molecule has 3 aromatic heterocycles. The second-order valence-corrected chi connectivity index (χ2v) is 7.19. The van der Waals surface area contributed by atoms with E-state index in [9.17, 15) is 4.79 Å². The maximum absolute atomic E-state index is 12.7. The van der Waals surface area contributed by atoms with Gasteiger partial charge in [-0.05, 0) is 44.2 Å². The molecule has 3 heterocycles. The molecule has 0 aliphatic heterocycles. The summed E-state index contributed by atoms with van der Waals surface area (Å²) in [6.45, 7) is 3.90. The van der Waals surface area contributed by atoms with E-state index in [0.29, 0.717) is 10.7 Å². The summed E-state index contributed by atoms with van der Waals surface area (Å²) in [5.41, 5.74) is 5.85. The molecular weight excluding hydrogens is 322 g/mol. The molecule has 6 nitrogen and oxygen atoms in total. The highest BCUT2D eigenvalue weighted by molar-refractivity contribution is 7.15. The molecule has 0 saturated carbocycles. The Hall–Kier alpha value is -2.54. The van der Waals surface area contributed by atoms with Crippen LogP contribution in [0.2, 0.25) is 0 Å². The summed E-state index contributed by atoms with van der Waals surface area (Å²) in [5.74, 6) is -0.182. The van der Waals surface area contributed by atoms with Crippen molar-refractivity contribution >= 4 is 22.4 Å². The van der Waals surface area contributed by atoms with Crippen molar-refractivity contribution in [1.29, 1.82) is 0 Å². The van der Waals surface area contributed by atoms with Crippen LogP contribution >= 0.6 is 11.3 Å². The van der Waals surface area contributed by atoms with Gasteiger partial charge < -0.3 is 4.98 Å². The molecule has 0 radical (unpaired) electrons. The number of fused-ring (bicyclic) bond motifs is 3. The number of aromatic amines is 1. The Labute approximate surface area is 143 Å². The van der Waals surface area contributed by atoms with Crippen LogP contribution in [0.1, 0.15) is 38.6 Å². The molecule has 7 heteroatoms. The zero-order valence-electron chi connectivity index (χ0n) is 13.5. The predicted molar refractivity (Wildman–Crippen MR) is 93.4 cm³/mol. The lowest BCUT2D eigenvalue weighted by Crippen LogP contribution is -2.12. The maximum atomic E-state index is 12.7. The minimum atomic E-state index is -0.182. The monoisotopic (exact) mass is 339 g/mol. The van der Waals surface area contributed by atoms with Gasteiger partial charge in [-0.1, -0.05) is 17.4 Å². The average molecular weight is 339 g/mol. The summed E-state index contributed by atoms with van der Waals surface area (Å²) in [6, 6.07) is 2.17. The molecule has 1 amide bonds. The van der Waals surface area contributed by atoms with E-state index in [2.05, 4.69) is 31.5 Å². The largest absolute Gasteiger partial charge is 0.364 e. The van der Waals surface area contributed by atoms with Gasteiger partial charge in [0.2, 0.25) is 5.13 Å². The number of carbonyl (C=O) groups is 1. The van der Waals surface area contributed by atoms with Gasteiger partial charge in [0.05, 0.1) is 11.3 Å². The van der Waals surface area contributed by atoms with Crippen LogP contribution in [-0.2, 0) is 12.8 Å². The number of hydrogen-bond acceptors (Lipinski definition) is 5. The fraction of sp³-hybridized carbons (Fsp3) is 0.294. The highest BCUT2D eigenvalue weighted by Crippen LogP contribution is 2.34. The Morgan fingerprint density at radius 2 is 2.17 bits per heavy atom. The van der Waals surface area contributed by atoms with Crippen molar-refractivity contribution in [3.05, 3.63) is 45.9 Å². The molecule has 122 valence electrons. The second-order valence-electron chi connectivity index (χ2n) is 6.01. The molecule has 1 aliphatic rings. The molecule has 2 N–H and O–H groups in total. The lowest BCUT2D eigenvalue weighted by molar-refractivity contribution is 0.102. The summed E-state index contributed by atoms with van der Waals surface area (Å²) in [4.78, 5) is 20.6. The van der Waals surface area contributed by atoms with Crippen LogP contribution in [0.4, 0.5) is 5.13 Å². The van der Waals surface area contributed by atoms with Crippen LogP contribution < -0.4 is 5.32 Å². The number of pyridine rings is 1. The first-order valence-electron chi connectivity index (χ1n) is 7.89. The number of rotatable bonds is 2. The van der Waals surface area contributed by atoms with Crippen molar-refractivity contribution in [2.45, 2.75) is 33.1 Å². The Morgan fingerprint density at radius 3 is 2.96 bits per heavy atom. The van der Waals surface area contributed by atoms with Gasteiger partial charge in [-0.3, -0.25) is 15.1 Å². The number of aromatic nitrogens is 4. The fourth-order valence-corrected chi connectivity index (χ4v) is 3.71. The van der Waals surface area contributed by atoms with Crippen LogP contribution in [0.15, 0.2) is 18.5 Å². The molecule has 0 fully saturated rings. The number of aryl methyl sites for hydroxylation is 4. The fourth-order valence-electron chi connectivity index (χ4n) is 3.13. The van der Waals surface area contributed by atoms with E-state index >= 15 is 0 Å². The van der Waals surface area contributed by atoms with Gasteiger partial charge in [0.15, 0.2) is 0 Å². The summed E-state index contributed by atoms with van der Waals surface area (Å²) in [5, 5.41) is 12.1. The van der Waals surface area contributed by atoms with E-state index in [-0.39, 0.29) is 5.91 Å². The Morgan fingerprint density at radius 1 is 1.29 bits per heavy atom. The lowest BCUT2D eigenvalue weighted by Gasteiger charge is -2.09. The van der Waals surface area contributed by atoms with Crippen LogP contribution in [0.3, 0.4) is 0 Å². The van der Waals surface area contributed by atoms with E-state index in [1.165, 1.54) is 16.9 Å². The third-order valence-corrected chi connectivity index (χ3v) is 4.92. The summed E-state index contributed by atoms with van der Waals surface area (Å²) in [6.07, 6.45) is 6.56. The maximum Gasteiger partial charge on any atom is 0.259 e. The lowest BCUT2D eigenvalue weighted by atomic mass is 10.0. The van der Waals surface area contributed by atoms with Crippen molar-refractivity contribution in [1.82, 2.24) is 20.2 Å². The molecular formula is C17H17N5OS. The number of nitrogens with zero attached hydrogens (tertiary/aromatic N) is 3. The van der Waals surface area contributed by atoms with Gasteiger partial charge in [0.25, 0.3) is 5.91 Å². The summed E-state index contributed by atoms with van der Waals surface area (Å²) in [7, 11) is 0. The van der Waals surface area contributed by atoms with Gasteiger partial charge in [0, 0.05) is 23.7 Å². The second kappa shape index (κ2) is 5.83. The predicted octanol–water partition coefficient (Wildman–Crippen LogP) is 3.29. The summed E-state index contributed by atoms with van der Waals surface area (Å²) >= 11 is 1.36. The van der Waals surface area contributed by atoms with E-state index in [0.717, 1.165) is 46.8 Å². The molecule has 0 spiro atoms. The number of H-pyrrole nitrogens is 1. The molecule has 24 heavy (non-hydrogen) atoms. The highest BCUT2D eigenvalue weighted by Gasteiger charge is 2.24. The van der Waals surface area contributed by atoms with Gasteiger partial charge in [-0.25, -0.2) is 0 Å². The zero-order chi connectivity index (χ0) is 16.7. The van der Waals surface area contributed by atoms with Gasteiger partial charge in [0.1, 0.15) is 5.01 Å². The number of carbonyl (C=O) groups excluding carboxylic acids is 1. The topological polar surface area (TPSA) is 83.6 Å². The highest BCUT2D eigenvalue weighted by atomic mass is 32.1. The summed E-state index contributed by atoms with van der Waals surface area (Å²) < 4.78 is 0. The van der Waals surface area contributed by atoms with Crippen molar-refractivity contribution in [3.8, 4) is 11.3 Å². The van der Waals surface area contributed by atoms with Crippen LogP contribution in [0.5, 0.6) is 0 Å². The van der Waals surface area contributed by atoms with Crippen LogP contribution in [0, 0.1) is 13.8 Å². The van der Waals surface area contributed by atoms with Gasteiger partial charge in [-0.15, -0.1) is 10.2 Å². The van der Waals surface area contributed by atoms with E-state index in [4.69, 9.17) is 0 Å². The number of amides is 1. The first kappa shape index (κ1) is 15.0. The SMILES string of the molecule is Cc1cnc2c(c1)CCCc1[nH]cc(C(=O)Nc3nnc(C)s3)c1-2. The average Bonchev–Trinajstić information content (AvgIpc) is 3.10. The third kappa shape index (κ3) is 2.60. The van der Waals surface area contributed by atoms with Crippen molar-refractivity contribution in [3.63, 3.8) is 0 Å². The van der Waals surface area contributed by atoms with Crippen molar-refractivity contribution in [2.24, 2.45) is 0 Å². The molecule has 0 bridgehead atoms.